The minimum Gasteiger partial charge on any atom is -0.368 e. The van der Waals surface area contributed by atoms with Gasteiger partial charge in [-0.05, 0) is 12.0 Å². The van der Waals surface area contributed by atoms with Gasteiger partial charge in [0.25, 0.3) is 0 Å². The molecule has 4 atom stereocenters. The summed E-state index contributed by atoms with van der Waals surface area (Å²) < 4.78 is 28.1. The van der Waals surface area contributed by atoms with E-state index < -0.39 is 0 Å². The van der Waals surface area contributed by atoms with E-state index in [4.69, 9.17) is 23.7 Å². The Balaban J connectivity index is 2.15. The van der Waals surface area contributed by atoms with Crippen molar-refractivity contribution in [1.82, 2.24) is 0 Å². The van der Waals surface area contributed by atoms with Crippen molar-refractivity contribution in [2.24, 2.45) is 0 Å². The third-order valence-corrected chi connectivity index (χ3v) is 4.02. The van der Waals surface area contributed by atoms with Crippen LogP contribution in [0.5, 0.6) is 0 Å². The van der Waals surface area contributed by atoms with Gasteiger partial charge in [-0.3, -0.25) is 0 Å². The van der Waals surface area contributed by atoms with Gasteiger partial charge in [-0.1, -0.05) is 48.6 Å². The van der Waals surface area contributed by atoms with Crippen molar-refractivity contribution in [2.75, 3.05) is 27.8 Å². The lowest BCUT2D eigenvalue weighted by Gasteiger charge is -2.40. The monoisotopic (exact) mass is 348 g/mol. The molecule has 25 heavy (non-hydrogen) atoms. The van der Waals surface area contributed by atoms with Gasteiger partial charge in [0.1, 0.15) is 25.8 Å². The van der Waals surface area contributed by atoms with E-state index in [1.165, 1.54) is 0 Å². The molecule has 0 saturated carbocycles. The number of methoxy groups -OCH3 is 2. The van der Waals surface area contributed by atoms with Gasteiger partial charge in [0.15, 0.2) is 0 Å². The Morgan fingerprint density at radius 3 is 2.52 bits per heavy atom. The topological polar surface area (TPSA) is 46.2 Å². The maximum Gasteiger partial charge on any atom is 0.146 e. The number of hydrogen-bond donors (Lipinski definition) is 0. The van der Waals surface area contributed by atoms with Crippen LogP contribution in [0.4, 0.5) is 0 Å². The third-order valence-electron chi connectivity index (χ3n) is 4.02. The van der Waals surface area contributed by atoms with E-state index in [2.05, 4.69) is 6.58 Å². The van der Waals surface area contributed by atoms with Crippen LogP contribution in [-0.2, 0) is 23.7 Å². The van der Waals surface area contributed by atoms with Gasteiger partial charge in [0, 0.05) is 20.6 Å². The highest BCUT2D eigenvalue weighted by molar-refractivity contribution is 5.49. The molecule has 0 spiro atoms. The van der Waals surface area contributed by atoms with E-state index in [0.717, 1.165) is 18.4 Å². The molecule has 0 N–H and O–H groups in total. The fraction of sp³-hybridized carbons (Fsp3) is 0.500. The Labute approximate surface area is 150 Å². The second-order valence-corrected chi connectivity index (χ2v) is 5.90. The lowest BCUT2D eigenvalue weighted by atomic mass is 9.95. The molecule has 1 aromatic rings. The zero-order valence-corrected chi connectivity index (χ0v) is 15.0. The average Bonchev–Trinajstić information content (AvgIpc) is 2.64. The highest BCUT2D eigenvalue weighted by Crippen LogP contribution is 2.28. The molecular weight excluding hydrogens is 320 g/mol. The van der Waals surface area contributed by atoms with Gasteiger partial charge in [-0.25, -0.2) is 0 Å². The Morgan fingerprint density at radius 2 is 1.84 bits per heavy atom. The summed E-state index contributed by atoms with van der Waals surface area (Å²) in [7, 11) is 3.21. The summed E-state index contributed by atoms with van der Waals surface area (Å²) in [5, 5.41) is 0. The Morgan fingerprint density at radius 1 is 1.12 bits per heavy atom. The second kappa shape index (κ2) is 11.2. The van der Waals surface area contributed by atoms with Crippen LogP contribution in [0.3, 0.4) is 0 Å². The van der Waals surface area contributed by atoms with Crippen molar-refractivity contribution in [3.05, 3.63) is 54.6 Å². The normalized spacial score (nSPS) is 26.8. The van der Waals surface area contributed by atoms with E-state index in [1.807, 2.05) is 48.6 Å². The molecular formula is C20H28O5. The molecule has 1 aliphatic rings. The van der Waals surface area contributed by atoms with Crippen LogP contribution in [0, 0.1) is 0 Å². The molecule has 1 saturated heterocycles. The number of ether oxygens (including phenoxy) is 5. The first-order valence-corrected chi connectivity index (χ1v) is 8.49. The molecule has 1 heterocycles. The average molecular weight is 348 g/mol. The van der Waals surface area contributed by atoms with Crippen molar-refractivity contribution in [3.8, 4) is 0 Å². The van der Waals surface area contributed by atoms with Crippen LogP contribution in [0.2, 0.25) is 0 Å². The largest absolute Gasteiger partial charge is 0.368 e. The van der Waals surface area contributed by atoms with Crippen molar-refractivity contribution < 1.29 is 23.7 Å². The van der Waals surface area contributed by atoms with Crippen LogP contribution in [0.1, 0.15) is 18.4 Å². The Kier molecular flexibility index (Phi) is 8.86. The van der Waals surface area contributed by atoms with Gasteiger partial charge in [-0.15, -0.1) is 6.58 Å². The molecule has 5 heteroatoms. The fourth-order valence-corrected chi connectivity index (χ4v) is 2.89. The maximum atomic E-state index is 6.21. The van der Waals surface area contributed by atoms with E-state index in [1.54, 1.807) is 14.2 Å². The standard InChI is InChI=1S/C20H28O5/c1-4-8-17-13-19(23-14-21-2)20(24-15-22-3)18(25-17)12-11-16-9-6-5-7-10-16/h4-7,9-12,17-20H,1,8,13-15H2,2-3H3/b12-11+/t17-,18+,19+,20+/m0/s1. The molecule has 1 aliphatic heterocycles. The number of benzene rings is 1. The first kappa shape index (κ1) is 19.8. The quantitative estimate of drug-likeness (QED) is 0.479. The van der Waals surface area contributed by atoms with Crippen LogP contribution in [0.25, 0.3) is 6.08 Å². The summed E-state index contributed by atoms with van der Waals surface area (Å²) in [6, 6.07) is 10.1. The van der Waals surface area contributed by atoms with E-state index in [-0.39, 0.29) is 38.0 Å². The summed E-state index contributed by atoms with van der Waals surface area (Å²) in [6.07, 6.45) is 6.80. The summed E-state index contributed by atoms with van der Waals surface area (Å²) in [5.41, 5.74) is 1.11. The summed E-state index contributed by atoms with van der Waals surface area (Å²) in [5.74, 6) is 0. The predicted molar refractivity (Wildman–Crippen MR) is 97.1 cm³/mol. The van der Waals surface area contributed by atoms with E-state index in [0.29, 0.717) is 0 Å². The molecule has 138 valence electrons. The fourth-order valence-electron chi connectivity index (χ4n) is 2.89. The highest BCUT2D eigenvalue weighted by atomic mass is 16.7. The van der Waals surface area contributed by atoms with Crippen molar-refractivity contribution in [2.45, 2.75) is 37.3 Å². The van der Waals surface area contributed by atoms with Crippen molar-refractivity contribution in [3.63, 3.8) is 0 Å². The summed E-state index contributed by atoms with van der Waals surface area (Å²) in [6.45, 7) is 4.21. The van der Waals surface area contributed by atoms with Crippen LogP contribution in [0.15, 0.2) is 49.1 Å². The lowest BCUT2D eigenvalue weighted by Crippen LogP contribution is -2.50. The zero-order valence-electron chi connectivity index (χ0n) is 15.0. The molecule has 5 nitrogen and oxygen atoms in total. The van der Waals surface area contributed by atoms with Crippen molar-refractivity contribution in [1.29, 1.82) is 0 Å². The minimum absolute atomic E-state index is 0.0344. The summed E-state index contributed by atoms with van der Waals surface area (Å²) >= 11 is 0. The zero-order chi connectivity index (χ0) is 17.9. The first-order chi connectivity index (χ1) is 12.3. The number of rotatable bonds is 10. The third kappa shape index (κ3) is 6.38. The Hall–Kier alpha value is -1.50. The molecule has 2 rings (SSSR count). The smallest absolute Gasteiger partial charge is 0.146 e. The minimum atomic E-state index is -0.267. The molecule has 0 aromatic heterocycles. The van der Waals surface area contributed by atoms with E-state index in [9.17, 15) is 0 Å². The molecule has 0 aliphatic carbocycles. The second-order valence-electron chi connectivity index (χ2n) is 5.90. The SMILES string of the molecule is C=CC[C@H]1C[C@@H](OCOC)[C@H](OCOC)[C@@H](/C=C/c2ccccc2)O1. The first-order valence-electron chi connectivity index (χ1n) is 8.49. The molecule has 0 radical (unpaired) electrons. The van der Waals surface area contributed by atoms with Crippen LogP contribution in [-0.4, -0.2) is 52.2 Å². The Bertz CT molecular complexity index is 516. The maximum absolute atomic E-state index is 6.21. The van der Waals surface area contributed by atoms with Gasteiger partial charge in [-0.2, -0.15) is 0 Å². The van der Waals surface area contributed by atoms with Gasteiger partial charge in [0.2, 0.25) is 0 Å². The van der Waals surface area contributed by atoms with Crippen LogP contribution >= 0.6 is 0 Å². The van der Waals surface area contributed by atoms with Crippen LogP contribution < -0.4 is 0 Å². The molecule has 0 amide bonds. The van der Waals surface area contributed by atoms with Gasteiger partial charge in [0.05, 0.1) is 12.2 Å². The molecule has 1 fully saturated rings. The van der Waals surface area contributed by atoms with E-state index >= 15 is 0 Å². The highest BCUT2D eigenvalue weighted by Gasteiger charge is 2.38. The van der Waals surface area contributed by atoms with Gasteiger partial charge >= 0.3 is 0 Å². The predicted octanol–water partition coefficient (Wildman–Crippen LogP) is 3.41. The molecule has 0 bridgehead atoms. The molecule has 0 unspecified atom stereocenters. The molecule has 1 aromatic carbocycles. The lowest BCUT2D eigenvalue weighted by molar-refractivity contribution is -0.226. The van der Waals surface area contributed by atoms with Gasteiger partial charge < -0.3 is 23.7 Å². The number of hydrogen-bond acceptors (Lipinski definition) is 5. The summed E-state index contributed by atoms with van der Waals surface area (Å²) in [4.78, 5) is 0. The van der Waals surface area contributed by atoms with Crippen molar-refractivity contribution >= 4 is 6.08 Å².